The summed E-state index contributed by atoms with van der Waals surface area (Å²) in [6.45, 7) is 2.41. The Bertz CT molecular complexity index is 938. The van der Waals surface area contributed by atoms with Crippen molar-refractivity contribution in [2.45, 2.75) is 25.0 Å². The van der Waals surface area contributed by atoms with Crippen molar-refractivity contribution in [1.82, 2.24) is 15.1 Å². The number of nitrogens with zero attached hydrogens (tertiary/aromatic N) is 2. The number of rotatable bonds is 4. The number of ether oxygens (including phenoxy) is 1. The molecule has 0 radical (unpaired) electrons. The fourth-order valence-corrected chi connectivity index (χ4v) is 3.53. The third-order valence-electron chi connectivity index (χ3n) is 5.05. The number of hydrogen-bond donors (Lipinski definition) is 2. The summed E-state index contributed by atoms with van der Waals surface area (Å²) in [7, 11) is 0. The van der Waals surface area contributed by atoms with Crippen LogP contribution < -0.4 is 4.74 Å². The average molecular weight is 377 g/mol. The Balaban J connectivity index is 1.45. The smallest absolute Gasteiger partial charge is 0.271 e. The van der Waals surface area contributed by atoms with Gasteiger partial charge in [0.05, 0.1) is 12.2 Å². The molecular weight excluding hydrogens is 354 g/mol. The van der Waals surface area contributed by atoms with Gasteiger partial charge in [0.2, 0.25) is 0 Å². The predicted octanol–water partition coefficient (Wildman–Crippen LogP) is 3.12. The van der Waals surface area contributed by atoms with Gasteiger partial charge in [-0.2, -0.15) is 5.10 Å². The number of carbonyl (C=O) groups is 1. The van der Waals surface area contributed by atoms with Gasteiger partial charge in [-0.05, 0) is 25.1 Å². The number of likely N-dealkylation sites (tertiary alicyclic amines) is 1. The quantitative estimate of drug-likeness (QED) is 0.732. The van der Waals surface area contributed by atoms with Gasteiger partial charge in [0, 0.05) is 18.5 Å². The van der Waals surface area contributed by atoms with Gasteiger partial charge in [-0.1, -0.05) is 48.5 Å². The standard InChI is InChI=1S/C22H23N3O3/c1-22(27)15-25(13-12-20(22)28-17-10-6-3-7-11-17)21(26)19-14-18(23-24-19)16-8-4-2-5-9-16/h2-11,14,20,27H,12-13,15H2,1H3,(H,23,24)/t20-,22-/m0/s1. The summed E-state index contributed by atoms with van der Waals surface area (Å²) in [5.41, 5.74) is 0.932. The zero-order valence-electron chi connectivity index (χ0n) is 15.7. The zero-order chi connectivity index (χ0) is 19.6. The predicted molar refractivity (Wildman–Crippen MR) is 106 cm³/mol. The molecule has 2 atom stereocenters. The van der Waals surface area contributed by atoms with Crippen molar-refractivity contribution in [2.75, 3.05) is 13.1 Å². The van der Waals surface area contributed by atoms with Crippen LogP contribution in [0.15, 0.2) is 66.7 Å². The SMILES string of the molecule is C[C@]1(O)CN(C(=O)c2cc(-c3ccccc3)n[nH]2)CC[C@@H]1Oc1ccccc1. The number of H-pyrrole nitrogens is 1. The first-order chi connectivity index (χ1) is 13.5. The first kappa shape index (κ1) is 18.3. The highest BCUT2D eigenvalue weighted by Crippen LogP contribution is 2.27. The summed E-state index contributed by atoms with van der Waals surface area (Å²) in [5.74, 6) is 0.543. The number of amides is 1. The molecule has 1 amide bonds. The van der Waals surface area contributed by atoms with Crippen LogP contribution in [0.4, 0.5) is 0 Å². The first-order valence-electron chi connectivity index (χ1n) is 9.37. The Morgan fingerprint density at radius 1 is 1.18 bits per heavy atom. The number of β-amino-alcohol motifs (C(OH)–C–C–N with tert-alkyl or cyclic N) is 1. The largest absolute Gasteiger partial charge is 0.487 e. The number of aliphatic hydroxyl groups is 1. The lowest BCUT2D eigenvalue weighted by Gasteiger charge is -2.42. The van der Waals surface area contributed by atoms with Crippen molar-refractivity contribution in [3.63, 3.8) is 0 Å². The lowest BCUT2D eigenvalue weighted by atomic mass is 9.91. The molecule has 2 N–H and O–H groups in total. The van der Waals surface area contributed by atoms with Crippen molar-refractivity contribution in [1.29, 1.82) is 0 Å². The van der Waals surface area contributed by atoms with Gasteiger partial charge in [0.1, 0.15) is 23.1 Å². The lowest BCUT2D eigenvalue weighted by Crippen LogP contribution is -2.58. The minimum absolute atomic E-state index is 0.173. The van der Waals surface area contributed by atoms with Gasteiger partial charge in [-0.25, -0.2) is 0 Å². The molecule has 0 aliphatic carbocycles. The van der Waals surface area contributed by atoms with Crippen LogP contribution in [0.5, 0.6) is 5.75 Å². The van der Waals surface area contributed by atoms with E-state index in [9.17, 15) is 9.90 Å². The van der Waals surface area contributed by atoms with E-state index < -0.39 is 5.60 Å². The average Bonchev–Trinajstić information content (AvgIpc) is 3.20. The normalized spacial score (nSPS) is 22.1. The molecule has 1 aliphatic rings. The van der Waals surface area contributed by atoms with E-state index in [1.807, 2.05) is 60.7 Å². The second-order valence-electron chi connectivity index (χ2n) is 7.32. The Morgan fingerprint density at radius 3 is 2.54 bits per heavy atom. The van der Waals surface area contributed by atoms with Gasteiger partial charge >= 0.3 is 0 Å². The molecule has 2 heterocycles. The third kappa shape index (κ3) is 3.77. The Kier molecular flexibility index (Phi) is 4.88. The number of piperidine rings is 1. The van der Waals surface area contributed by atoms with E-state index in [-0.39, 0.29) is 18.6 Å². The van der Waals surface area contributed by atoms with Crippen molar-refractivity contribution in [3.8, 4) is 17.0 Å². The van der Waals surface area contributed by atoms with Crippen LogP contribution >= 0.6 is 0 Å². The number of aromatic nitrogens is 2. The number of benzene rings is 2. The maximum atomic E-state index is 12.9. The summed E-state index contributed by atoms with van der Waals surface area (Å²) in [4.78, 5) is 14.5. The molecule has 28 heavy (non-hydrogen) atoms. The minimum Gasteiger partial charge on any atom is -0.487 e. The number of carbonyl (C=O) groups excluding carboxylic acids is 1. The number of hydrogen-bond acceptors (Lipinski definition) is 4. The fourth-order valence-electron chi connectivity index (χ4n) is 3.53. The number of para-hydroxylation sites is 1. The summed E-state index contributed by atoms with van der Waals surface area (Å²) in [6.07, 6.45) is 0.174. The zero-order valence-corrected chi connectivity index (χ0v) is 15.7. The molecule has 1 aliphatic heterocycles. The molecule has 0 spiro atoms. The van der Waals surface area contributed by atoms with E-state index >= 15 is 0 Å². The molecule has 6 nitrogen and oxygen atoms in total. The Morgan fingerprint density at radius 2 is 1.86 bits per heavy atom. The third-order valence-corrected chi connectivity index (χ3v) is 5.05. The molecular formula is C22H23N3O3. The van der Waals surface area contributed by atoms with Crippen LogP contribution in [0.2, 0.25) is 0 Å². The molecule has 6 heteroatoms. The molecule has 4 rings (SSSR count). The van der Waals surface area contributed by atoms with E-state index in [2.05, 4.69) is 10.2 Å². The minimum atomic E-state index is -1.15. The molecule has 0 unspecified atom stereocenters. The van der Waals surface area contributed by atoms with Crippen LogP contribution in [0.1, 0.15) is 23.8 Å². The van der Waals surface area contributed by atoms with Crippen molar-refractivity contribution in [3.05, 3.63) is 72.4 Å². The van der Waals surface area contributed by atoms with Crippen LogP contribution in [-0.4, -0.2) is 50.9 Å². The highest BCUT2D eigenvalue weighted by Gasteiger charge is 2.41. The Hall–Kier alpha value is -3.12. The van der Waals surface area contributed by atoms with E-state index in [0.29, 0.717) is 24.4 Å². The lowest BCUT2D eigenvalue weighted by molar-refractivity contribution is -0.0900. The van der Waals surface area contributed by atoms with Gasteiger partial charge < -0.3 is 14.7 Å². The van der Waals surface area contributed by atoms with Crippen molar-refractivity contribution in [2.24, 2.45) is 0 Å². The summed E-state index contributed by atoms with van der Waals surface area (Å²) < 4.78 is 5.96. The molecule has 0 saturated carbocycles. The van der Waals surface area contributed by atoms with Gasteiger partial charge in [-0.15, -0.1) is 0 Å². The van der Waals surface area contributed by atoms with E-state index in [1.54, 1.807) is 17.9 Å². The molecule has 2 aromatic carbocycles. The molecule has 3 aromatic rings. The fraction of sp³-hybridized carbons (Fsp3) is 0.273. The van der Waals surface area contributed by atoms with E-state index in [1.165, 1.54) is 0 Å². The topological polar surface area (TPSA) is 78.5 Å². The molecule has 1 fully saturated rings. The molecule has 0 bridgehead atoms. The maximum absolute atomic E-state index is 12.9. The molecule has 1 saturated heterocycles. The highest BCUT2D eigenvalue weighted by atomic mass is 16.5. The van der Waals surface area contributed by atoms with E-state index in [0.717, 1.165) is 11.3 Å². The summed E-state index contributed by atoms with van der Waals surface area (Å²) in [6, 6.07) is 20.9. The van der Waals surface area contributed by atoms with E-state index in [4.69, 9.17) is 4.74 Å². The second-order valence-corrected chi connectivity index (χ2v) is 7.32. The van der Waals surface area contributed by atoms with Gasteiger partial charge in [-0.3, -0.25) is 9.89 Å². The second kappa shape index (κ2) is 7.48. The first-order valence-corrected chi connectivity index (χ1v) is 9.37. The van der Waals surface area contributed by atoms with Gasteiger partial charge in [0.15, 0.2) is 0 Å². The van der Waals surface area contributed by atoms with Crippen LogP contribution in [0.25, 0.3) is 11.3 Å². The van der Waals surface area contributed by atoms with Crippen molar-refractivity contribution < 1.29 is 14.6 Å². The Labute approximate surface area is 163 Å². The summed E-state index contributed by atoms with van der Waals surface area (Å²) >= 11 is 0. The van der Waals surface area contributed by atoms with Crippen LogP contribution in [-0.2, 0) is 0 Å². The van der Waals surface area contributed by atoms with Crippen LogP contribution in [0.3, 0.4) is 0 Å². The van der Waals surface area contributed by atoms with Crippen LogP contribution in [0, 0.1) is 0 Å². The monoisotopic (exact) mass is 377 g/mol. The highest BCUT2D eigenvalue weighted by molar-refractivity contribution is 5.93. The molecule has 144 valence electrons. The molecule has 1 aromatic heterocycles. The maximum Gasteiger partial charge on any atom is 0.271 e. The van der Waals surface area contributed by atoms with Gasteiger partial charge in [0.25, 0.3) is 5.91 Å². The number of aromatic amines is 1. The summed E-state index contributed by atoms with van der Waals surface area (Å²) in [5, 5.41) is 18.0. The van der Waals surface area contributed by atoms with Crippen molar-refractivity contribution >= 4 is 5.91 Å². The number of nitrogens with one attached hydrogen (secondary N) is 1.